The second-order valence-electron chi connectivity index (χ2n) is 18.8. The van der Waals surface area contributed by atoms with Crippen molar-refractivity contribution >= 4 is 29.0 Å². The van der Waals surface area contributed by atoms with Gasteiger partial charge in [-0.1, -0.05) is 38.1 Å². The van der Waals surface area contributed by atoms with Crippen molar-refractivity contribution in [2.75, 3.05) is 28.4 Å². The Morgan fingerprint density at radius 1 is 0.889 bits per heavy atom. The van der Waals surface area contributed by atoms with Crippen LogP contribution in [-0.2, 0) is 47.5 Å². The van der Waals surface area contributed by atoms with E-state index in [0.717, 1.165) is 30.0 Å². The number of aryl methyl sites for hydroxylation is 1. The summed E-state index contributed by atoms with van der Waals surface area (Å²) in [7, 11) is 6.79. The van der Waals surface area contributed by atoms with Gasteiger partial charge >= 0.3 is 5.97 Å². The number of allylic oxidation sites excluding steroid dienone is 2. The van der Waals surface area contributed by atoms with Gasteiger partial charge in [-0.15, -0.1) is 11.3 Å². The molecule has 6 aliphatic rings. The molecule has 63 heavy (non-hydrogen) atoms. The number of methoxy groups -OCH3 is 3. The monoisotopic (exact) mass is 892 g/mol. The van der Waals surface area contributed by atoms with Crippen LogP contribution < -0.4 is 0 Å². The molecule has 0 radical (unpaired) electrons. The van der Waals surface area contributed by atoms with E-state index in [4.69, 9.17) is 42.9 Å². The molecule has 3 unspecified atom stereocenters. The van der Waals surface area contributed by atoms with Gasteiger partial charge in [0.2, 0.25) is 0 Å². The number of fused-ring (bicyclic) bond motifs is 8. The van der Waals surface area contributed by atoms with Gasteiger partial charge in [0.05, 0.1) is 47.6 Å². The third-order valence-corrected chi connectivity index (χ3v) is 16.3. The van der Waals surface area contributed by atoms with Crippen LogP contribution in [0.2, 0.25) is 0 Å². The number of rotatable bonds is 10. The standard InChI is InChI=1S/C49H68N2O11S/c1-10-30-17-14-18-38(62-40-20-19-37(26(3)58-40)51(6)48(54)29-15-12-11-13-16-29)25(2)43(53)35-23-33-32-21-31(61-49-46(57-9)45(56-8)44(55-7)27(4)59-49)22-36(32)47-42(50-28(5)63-47)41(33)34(35)24-39(52)60-30/h11-13,15-16,23,25-27,30-34,36-38,40-41,44-46,49H,10,14,17-22,24H2,1-9H3/t25-,26?,27?,30+,31+,32+,33+,34-,36-,37+,38+,40+,41-,44+,45?,46+,49+/m1/s1. The number of hydrogen-bond acceptors (Lipinski definition) is 13. The van der Waals surface area contributed by atoms with E-state index in [0.29, 0.717) is 43.2 Å². The topological polar surface area (TPSA) is 141 Å². The molecule has 13 nitrogen and oxygen atoms in total. The maximum atomic E-state index is 15.1. The summed E-state index contributed by atoms with van der Waals surface area (Å²) in [5.41, 5.74) is 2.34. The lowest BCUT2D eigenvalue weighted by molar-refractivity contribution is -0.314. The van der Waals surface area contributed by atoms with Gasteiger partial charge in [0, 0.05) is 68.9 Å². The average Bonchev–Trinajstić information content (AvgIpc) is 3.99. The number of likely N-dealkylation sites (N-methyl/N-ethyl adjacent to an activating group) is 1. The molecular weight excluding hydrogens is 825 g/mol. The number of amides is 1. The van der Waals surface area contributed by atoms with E-state index in [1.165, 1.54) is 4.88 Å². The minimum absolute atomic E-state index is 0.0106. The number of carbonyl (C=O) groups is 3. The lowest BCUT2D eigenvalue weighted by atomic mass is 9.67. The number of aromatic nitrogens is 1. The normalized spacial score (nSPS) is 39.4. The first-order valence-electron chi connectivity index (χ1n) is 23.3. The maximum absolute atomic E-state index is 15.1. The number of benzene rings is 1. The van der Waals surface area contributed by atoms with Gasteiger partial charge in [0.25, 0.3) is 5.91 Å². The molecule has 0 N–H and O–H groups in total. The first-order chi connectivity index (χ1) is 30.3. The molecular formula is C49H68N2O11S. The number of ketones is 1. The highest BCUT2D eigenvalue weighted by Gasteiger charge is 2.57. The number of ether oxygens (including phenoxy) is 8. The molecule has 3 aliphatic carbocycles. The van der Waals surface area contributed by atoms with Crippen LogP contribution in [0.1, 0.15) is 123 Å². The molecule has 1 aromatic carbocycles. The Balaban J connectivity index is 1.04. The molecule has 3 saturated heterocycles. The number of Topliss-reactive ketones (excluding diaryl/α,β-unsaturated/α-hetero) is 1. The zero-order chi connectivity index (χ0) is 44.7. The van der Waals surface area contributed by atoms with Crippen LogP contribution in [0.25, 0.3) is 0 Å². The summed E-state index contributed by atoms with van der Waals surface area (Å²) in [6, 6.07) is 9.19. The van der Waals surface area contributed by atoms with Crippen molar-refractivity contribution in [1.82, 2.24) is 9.88 Å². The zero-order valence-corrected chi connectivity index (χ0v) is 39.3. The quantitative estimate of drug-likeness (QED) is 0.218. The highest BCUT2D eigenvalue weighted by atomic mass is 32.1. The number of hydrogen-bond donors (Lipinski definition) is 0. The van der Waals surface area contributed by atoms with Gasteiger partial charge in [-0.05, 0) is 95.3 Å². The van der Waals surface area contributed by atoms with Gasteiger partial charge in [0.1, 0.15) is 24.4 Å². The molecule has 2 aromatic rings. The van der Waals surface area contributed by atoms with Gasteiger partial charge < -0.3 is 42.8 Å². The van der Waals surface area contributed by atoms with Crippen molar-refractivity contribution < 1.29 is 52.3 Å². The van der Waals surface area contributed by atoms with Crippen molar-refractivity contribution in [2.45, 2.75) is 172 Å². The van der Waals surface area contributed by atoms with Crippen LogP contribution in [0.15, 0.2) is 42.0 Å². The van der Waals surface area contributed by atoms with E-state index in [1.807, 2.05) is 65.1 Å². The van der Waals surface area contributed by atoms with E-state index in [9.17, 15) is 9.59 Å². The van der Waals surface area contributed by atoms with E-state index in [-0.39, 0.29) is 96.3 Å². The molecule has 4 heterocycles. The molecule has 0 spiro atoms. The minimum Gasteiger partial charge on any atom is -0.462 e. The Morgan fingerprint density at radius 3 is 2.33 bits per heavy atom. The average molecular weight is 893 g/mol. The summed E-state index contributed by atoms with van der Waals surface area (Å²) in [5, 5.41) is 0.976. The molecule has 0 bridgehead atoms. The van der Waals surface area contributed by atoms with Gasteiger partial charge in [0.15, 0.2) is 18.4 Å². The molecule has 4 fully saturated rings. The predicted molar refractivity (Wildman–Crippen MR) is 235 cm³/mol. The molecule has 1 aromatic heterocycles. The van der Waals surface area contributed by atoms with Gasteiger partial charge in [-0.3, -0.25) is 14.4 Å². The molecule has 3 aliphatic heterocycles. The number of thiazole rings is 1. The number of carbonyl (C=O) groups excluding carboxylic acids is 3. The number of cyclic esters (lactones) is 1. The molecule has 14 heteroatoms. The first-order valence-corrected chi connectivity index (χ1v) is 24.1. The fourth-order valence-corrected chi connectivity index (χ4v) is 13.1. The number of esters is 1. The minimum atomic E-state index is -0.651. The Labute approximate surface area is 376 Å². The Kier molecular flexibility index (Phi) is 14.6. The van der Waals surface area contributed by atoms with Gasteiger partial charge in [-0.2, -0.15) is 0 Å². The highest BCUT2D eigenvalue weighted by Crippen LogP contribution is 2.62. The van der Waals surface area contributed by atoms with Crippen molar-refractivity contribution in [1.29, 1.82) is 0 Å². The SMILES string of the molecule is CC[C@H]1CCC[C@H](O[C@H]2CC[C@H](N(C)C(=O)c3ccccc3)C(C)O2)[C@@H](C)C(=O)C2=C[C@H]3[C@@H]4C[C@H](O[C@@H]5OC(C)[C@H](OC)C(OC)[C@@H]5OC)C[C@H]4c4sc(C)nc4[C@H]3[C@@H]2CC(=O)O1. The Bertz CT molecular complexity index is 1960. The molecule has 346 valence electrons. The van der Waals surface area contributed by atoms with E-state index in [2.05, 4.69) is 13.0 Å². The number of nitrogens with zero attached hydrogens (tertiary/aromatic N) is 2. The third kappa shape index (κ3) is 9.22. The van der Waals surface area contributed by atoms with Crippen LogP contribution in [0.4, 0.5) is 0 Å². The van der Waals surface area contributed by atoms with Crippen LogP contribution in [0, 0.1) is 30.6 Å². The third-order valence-electron chi connectivity index (χ3n) is 15.2. The van der Waals surface area contributed by atoms with Crippen molar-refractivity contribution in [3.8, 4) is 0 Å². The smallest absolute Gasteiger partial charge is 0.306 e. The van der Waals surface area contributed by atoms with E-state index in [1.54, 1.807) is 37.6 Å². The van der Waals surface area contributed by atoms with Gasteiger partial charge in [-0.25, -0.2) is 4.98 Å². The van der Waals surface area contributed by atoms with Crippen LogP contribution in [0.3, 0.4) is 0 Å². The first kappa shape index (κ1) is 46.4. The summed E-state index contributed by atoms with van der Waals surface area (Å²) in [4.78, 5) is 50.6. The Morgan fingerprint density at radius 2 is 1.63 bits per heavy atom. The van der Waals surface area contributed by atoms with Crippen molar-refractivity contribution in [3.63, 3.8) is 0 Å². The van der Waals surface area contributed by atoms with E-state index >= 15 is 4.79 Å². The Hall–Kier alpha value is -3.08. The summed E-state index contributed by atoms with van der Waals surface area (Å²) in [6.07, 6.45) is 4.24. The lowest BCUT2D eigenvalue weighted by Gasteiger charge is -2.44. The molecule has 17 atom stereocenters. The lowest BCUT2D eigenvalue weighted by Crippen LogP contribution is -2.59. The van der Waals surface area contributed by atoms with Crippen molar-refractivity contribution in [3.05, 3.63) is 63.1 Å². The molecule has 1 saturated carbocycles. The summed E-state index contributed by atoms with van der Waals surface area (Å²) < 4.78 is 50.4. The largest absolute Gasteiger partial charge is 0.462 e. The fraction of sp³-hybridized carbons (Fsp3) is 0.714. The highest BCUT2D eigenvalue weighted by molar-refractivity contribution is 7.11. The van der Waals surface area contributed by atoms with Crippen LogP contribution in [-0.4, -0.2) is 123 Å². The zero-order valence-electron chi connectivity index (χ0n) is 38.4. The van der Waals surface area contributed by atoms with Crippen molar-refractivity contribution in [2.24, 2.45) is 23.7 Å². The molecule has 1 amide bonds. The molecule has 8 rings (SSSR count). The summed E-state index contributed by atoms with van der Waals surface area (Å²) in [5.74, 6) is -0.966. The predicted octanol–water partition coefficient (Wildman–Crippen LogP) is 7.54. The van der Waals surface area contributed by atoms with E-state index < -0.39 is 30.7 Å². The summed E-state index contributed by atoms with van der Waals surface area (Å²) >= 11 is 1.73. The second kappa shape index (κ2) is 19.8. The maximum Gasteiger partial charge on any atom is 0.306 e. The second-order valence-corrected chi connectivity index (χ2v) is 20.0. The van der Waals surface area contributed by atoms with Crippen LogP contribution >= 0.6 is 11.3 Å². The summed E-state index contributed by atoms with van der Waals surface area (Å²) in [6.45, 7) is 10.0. The van der Waals surface area contributed by atoms with Crippen LogP contribution in [0.5, 0.6) is 0 Å². The fourth-order valence-electron chi connectivity index (χ4n) is 12.0.